The van der Waals surface area contributed by atoms with Crippen LogP contribution in [0.4, 0.5) is 13.2 Å². The van der Waals surface area contributed by atoms with Crippen LogP contribution in [-0.2, 0) is 0 Å². The fraction of sp³-hybridized carbons (Fsp3) is 0.545. The van der Waals surface area contributed by atoms with Crippen LogP contribution in [-0.4, -0.2) is 35.6 Å². The third kappa shape index (κ3) is 2.94. The van der Waals surface area contributed by atoms with E-state index in [0.717, 1.165) is 4.90 Å². The molecule has 1 aliphatic heterocycles. The number of alkyl halides is 3. The van der Waals surface area contributed by atoms with Gasteiger partial charge in [-0.15, -0.1) is 0 Å². The number of halogens is 4. The van der Waals surface area contributed by atoms with Gasteiger partial charge in [-0.25, -0.2) is 0 Å². The number of rotatable bonds is 1. The average molecular weight is 341 g/mol. The van der Waals surface area contributed by atoms with Crippen molar-refractivity contribution >= 4 is 21.8 Å². The molecule has 0 aliphatic carbocycles. The number of carbonyl (C=O) groups excluding carboxylic acids is 1. The topological polar surface area (TPSA) is 59.5 Å². The fourth-order valence-corrected chi connectivity index (χ4v) is 2.51. The van der Waals surface area contributed by atoms with Gasteiger partial charge in [-0.3, -0.25) is 4.79 Å². The molecule has 4 nitrogen and oxygen atoms in total. The Morgan fingerprint density at radius 3 is 2.68 bits per heavy atom. The number of amides is 1. The van der Waals surface area contributed by atoms with E-state index in [1.807, 2.05) is 0 Å². The summed E-state index contributed by atoms with van der Waals surface area (Å²) in [7, 11) is 0. The zero-order valence-corrected chi connectivity index (χ0v) is 11.4. The van der Waals surface area contributed by atoms with Crippen molar-refractivity contribution in [3.63, 3.8) is 0 Å². The Balaban J connectivity index is 2.28. The van der Waals surface area contributed by atoms with E-state index in [1.165, 1.54) is 12.3 Å². The number of hydrogen-bond acceptors (Lipinski definition) is 3. The predicted molar refractivity (Wildman–Crippen MR) is 64.5 cm³/mol. The molecule has 0 radical (unpaired) electrons. The van der Waals surface area contributed by atoms with E-state index in [2.05, 4.69) is 15.9 Å². The van der Waals surface area contributed by atoms with E-state index in [0.29, 0.717) is 4.47 Å². The minimum atomic E-state index is -4.46. The number of likely N-dealkylation sites (tertiary alicyclic amines) is 1. The smallest absolute Gasteiger partial charge is 0.408 e. The Bertz CT molecular complexity index is 475. The van der Waals surface area contributed by atoms with Crippen LogP contribution >= 0.6 is 15.9 Å². The van der Waals surface area contributed by atoms with Crippen molar-refractivity contribution in [3.8, 4) is 0 Å². The Morgan fingerprint density at radius 2 is 2.16 bits per heavy atom. The molecule has 2 heterocycles. The van der Waals surface area contributed by atoms with Crippen LogP contribution in [0, 0.1) is 0 Å². The van der Waals surface area contributed by atoms with Gasteiger partial charge in [-0.2, -0.15) is 13.2 Å². The zero-order chi connectivity index (χ0) is 14.2. The lowest BCUT2D eigenvalue weighted by atomic mass is 9.98. The Labute approximate surface area is 115 Å². The molecule has 19 heavy (non-hydrogen) atoms. The molecule has 1 fully saturated rings. The van der Waals surface area contributed by atoms with Crippen LogP contribution < -0.4 is 5.73 Å². The maximum Gasteiger partial charge on any atom is 0.408 e. The molecule has 0 spiro atoms. The van der Waals surface area contributed by atoms with Crippen molar-refractivity contribution in [3.05, 3.63) is 22.6 Å². The van der Waals surface area contributed by atoms with E-state index in [-0.39, 0.29) is 25.1 Å². The van der Waals surface area contributed by atoms with E-state index < -0.39 is 24.2 Å². The molecule has 2 unspecified atom stereocenters. The first-order valence-corrected chi connectivity index (χ1v) is 6.46. The maximum atomic E-state index is 12.9. The predicted octanol–water partition coefficient (Wildman–Crippen LogP) is 2.54. The highest BCUT2D eigenvalue weighted by atomic mass is 79.9. The van der Waals surface area contributed by atoms with E-state index >= 15 is 0 Å². The minimum Gasteiger partial charge on any atom is -0.458 e. The Morgan fingerprint density at radius 1 is 1.47 bits per heavy atom. The van der Waals surface area contributed by atoms with E-state index in [9.17, 15) is 18.0 Å². The molecule has 0 saturated carbocycles. The molecule has 1 saturated heterocycles. The van der Waals surface area contributed by atoms with Crippen LogP contribution in [0.25, 0.3) is 0 Å². The van der Waals surface area contributed by atoms with Gasteiger partial charge in [-0.05, 0) is 34.8 Å². The number of nitrogens with two attached hydrogens (primary N) is 1. The second kappa shape index (κ2) is 5.16. The van der Waals surface area contributed by atoms with Gasteiger partial charge in [0.15, 0.2) is 0 Å². The fourth-order valence-electron chi connectivity index (χ4n) is 2.14. The molecule has 1 amide bonds. The summed E-state index contributed by atoms with van der Waals surface area (Å²) in [5.74, 6) is -0.933. The SMILES string of the molecule is NC1CCC(C(F)(F)F)N(C(=O)c2occc2Br)C1. The molecule has 1 aromatic heterocycles. The lowest BCUT2D eigenvalue weighted by Gasteiger charge is -2.38. The third-order valence-corrected chi connectivity index (χ3v) is 3.69. The summed E-state index contributed by atoms with van der Waals surface area (Å²) >= 11 is 3.07. The molecule has 1 aromatic rings. The van der Waals surface area contributed by atoms with Crippen LogP contribution in [0.1, 0.15) is 23.4 Å². The molecule has 8 heteroatoms. The summed E-state index contributed by atoms with van der Waals surface area (Å²) in [6.07, 6.45) is -3.17. The van der Waals surface area contributed by atoms with Crippen molar-refractivity contribution in [1.29, 1.82) is 0 Å². The standard InChI is InChI=1S/C11H12BrF3N2O2/c12-7-3-4-19-9(7)10(18)17-5-6(16)1-2-8(17)11(13,14)15/h3-4,6,8H,1-2,5,16H2. The van der Waals surface area contributed by atoms with E-state index in [1.54, 1.807) is 0 Å². The lowest BCUT2D eigenvalue weighted by molar-refractivity contribution is -0.184. The van der Waals surface area contributed by atoms with Gasteiger partial charge < -0.3 is 15.1 Å². The normalized spacial score (nSPS) is 24.6. The minimum absolute atomic E-state index is 0.129. The molecule has 0 aromatic carbocycles. The van der Waals surface area contributed by atoms with Crippen molar-refractivity contribution in [2.75, 3.05) is 6.54 Å². The summed E-state index contributed by atoms with van der Waals surface area (Å²) < 4.78 is 44.1. The lowest BCUT2D eigenvalue weighted by Crippen LogP contribution is -2.56. The summed E-state index contributed by atoms with van der Waals surface area (Å²) in [5.41, 5.74) is 5.66. The second-order valence-corrected chi connectivity index (χ2v) is 5.30. The molecular formula is C11H12BrF3N2O2. The average Bonchev–Trinajstić information content (AvgIpc) is 2.72. The summed E-state index contributed by atoms with van der Waals surface area (Å²) in [5, 5.41) is 0. The largest absolute Gasteiger partial charge is 0.458 e. The third-order valence-electron chi connectivity index (χ3n) is 3.07. The molecule has 106 valence electrons. The van der Waals surface area contributed by atoms with Crippen molar-refractivity contribution in [1.82, 2.24) is 4.90 Å². The highest BCUT2D eigenvalue weighted by Gasteiger charge is 2.48. The van der Waals surface area contributed by atoms with Crippen molar-refractivity contribution in [2.24, 2.45) is 5.73 Å². The first kappa shape index (κ1) is 14.4. The van der Waals surface area contributed by atoms with Gasteiger partial charge >= 0.3 is 6.18 Å². The first-order valence-electron chi connectivity index (χ1n) is 5.67. The number of piperidine rings is 1. The van der Waals surface area contributed by atoms with E-state index in [4.69, 9.17) is 10.2 Å². The summed E-state index contributed by atoms with van der Waals surface area (Å²) in [6.45, 7) is -0.129. The van der Waals surface area contributed by atoms with Gasteiger partial charge in [0.2, 0.25) is 5.76 Å². The second-order valence-electron chi connectivity index (χ2n) is 4.45. The van der Waals surface area contributed by atoms with Crippen LogP contribution in [0.2, 0.25) is 0 Å². The highest BCUT2D eigenvalue weighted by Crippen LogP contribution is 2.33. The van der Waals surface area contributed by atoms with Crippen molar-refractivity contribution < 1.29 is 22.4 Å². The van der Waals surface area contributed by atoms with Crippen LogP contribution in [0.5, 0.6) is 0 Å². The quantitative estimate of drug-likeness (QED) is 0.854. The molecule has 0 bridgehead atoms. The van der Waals surface area contributed by atoms with Crippen LogP contribution in [0.3, 0.4) is 0 Å². The summed E-state index contributed by atoms with van der Waals surface area (Å²) in [4.78, 5) is 12.9. The number of nitrogens with zero attached hydrogens (tertiary/aromatic N) is 1. The molecule has 2 rings (SSSR count). The van der Waals surface area contributed by atoms with Gasteiger partial charge in [0.05, 0.1) is 10.7 Å². The zero-order valence-electron chi connectivity index (χ0n) is 9.78. The molecule has 2 atom stereocenters. The highest BCUT2D eigenvalue weighted by molar-refractivity contribution is 9.10. The number of furan rings is 1. The molecule has 2 N–H and O–H groups in total. The number of hydrogen-bond donors (Lipinski definition) is 1. The van der Waals surface area contributed by atoms with Gasteiger partial charge in [0.1, 0.15) is 6.04 Å². The molecular weight excluding hydrogens is 329 g/mol. The van der Waals surface area contributed by atoms with Crippen molar-refractivity contribution in [2.45, 2.75) is 31.1 Å². The number of carbonyl (C=O) groups is 1. The maximum absolute atomic E-state index is 12.9. The monoisotopic (exact) mass is 340 g/mol. The van der Waals surface area contributed by atoms with Crippen LogP contribution in [0.15, 0.2) is 21.2 Å². The molecule has 1 aliphatic rings. The van der Waals surface area contributed by atoms with Gasteiger partial charge in [-0.1, -0.05) is 0 Å². The first-order chi connectivity index (χ1) is 8.80. The van der Waals surface area contributed by atoms with Gasteiger partial charge in [0.25, 0.3) is 5.91 Å². The summed E-state index contributed by atoms with van der Waals surface area (Å²) in [6, 6.07) is -0.798. The Hall–Kier alpha value is -1.02. The Kier molecular flexibility index (Phi) is 3.91. The van der Waals surface area contributed by atoms with Gasteiger partial charge in [0, 0.05) is 12.6 Å².